The van der Waals surface area contributed by atoms with Crippen LogP contribution in [0.15, 0.2) is 22.3 Å². The molecule has 2 N–H and O–H groups in total. The van der Waals surface area contributed by atoms with Gasteiger partial charge in [0.25, 0.3) is 11.5 Å². The highest BCUT2D eigenvalue weighted by atomic mass is 32.1. The number of aromatic amines is 1. The number of hydrogen-bond acceptors (Lipinski definition) is 4. The van der Waals surface area contributed by atoms with Crippen LogP contribution in [0.3, 0.4) is 0 Å². The van der Waals surface area contributed by atoms with Gasteiger partial charge in [-0.05, 0) is 42.8 Å². The number of carbonyl (C=O) groups is 2. The maximum absolute atomic E-state index is 12.2. The van der Waals surface area contributed by atoms with Gasteiger partial charge < -0.3 is 10.3 Å². The fourth-order valence-corrected chi connectivity index (χ4v) is 3.43. The van der Waals surface area contributed by atoms with Gasteiger partial charge in [0.05, 0.1) is 6.54 Å². The first-order valence-corrected chi connectivity index (χ1v) is 8.05. The quantitative estimate of drug-likeness (QED) is 0.911. The Morgan fingerprint density at radius 1 is 1.36 bits per heavy atom. The van der Waals surface area contributed by atoms with Crippen LogP contribution in [0, 0.1) is 6.92 Å². The van der Waals surface area contributed by atoms with Crippen LogP contribution in [-0.4, -0.2) is 16.7 Å². The zero-order valence-electron chi connectivity index (χ0n) is 12.2. The Bertz CT molecular complexity index is 804. The molecule has 0 saturated heterocycles. The highest BCUT2D eigenvalue weighted by Crippen LogP contribution is 2.19. The number of carbonyl (C=O) groups excluding carboxylic acids is 2. The van der Waals surface area contributed by atoms with Crippen LogP contribution in [0.2, 0.25) is 0 Å². The Kier molecular flexibility index (Phi) is 3.94. The SMILES string of the molecule is Cc1ccsc1CNC(=O)c1cc2c([nH]c1=O)CCCC2=O. The second kappa shape index (κ2) is 5.88. The Morgan fingerprint density at radius 3 is 2.91 bits per heavy atom. The van der Waals surface area contributed by atoms with E-state index in [0.29, 0.717) is 30.6 Å². The van der Waals surface area contributed by atoms with Crippen molar-refractivity contribution >= 4 is 23.0 Å². The van der Waals surface area contributed by atoms with Gasteiger partial charge in [0.2, 0.25) is 0 Å². The third-order valence-electron chi connectivity index (χ3n) is 3.88. The highest BCUT2D eigenvalue weighted by molar-refractivity contribution is 7.10. The summed E-state index contributed by atoms with van der Waals surface area (Å²) in [5.41, 5.74) is 1.80. The summed E-state index contributed by atoms with van der Waals surface area (Å²) in [6.07, 6.45) is 1.88. The first kappa shape index (κ1) is 14.7. The van der Waals surface area contributed by atoms with Crippen molar-refractivity contribution in [1.29, 1.82) is 0 Å². The third-order valence-corrected chi connectivity index (χ3v) is 4.90. The number of rotatable bonds is 3. The smallest absolute Gasteiger partial charge is 0.261 e. The molecule has 0 aromatic carbocycles. The average molecular weight is 316 g/mol. The standard InChI is InChI=1S/C16H16N2O3S/c1-9-5-6-22-14(9)8-17-15(20)11-7-10-12(18-16(11)21)3-2-4-13(10)19/h5-7H,2-4,8H2,1H3,(H,17,20)(H,18,21). The lowest BCUT2D eigenvalue weighted by molar-refractivity contribution is 0.0949. The van der Waals surface area contributed by atoms with E-state index >= 15 is 0 Å². The molecule has 2 aromatic rings. The van der Waals surface area contributed by atoms with Crippen LogP contribution in [-0.2, 0) is 13.0 Å². The van der Waals surface area contributed by atoms with Crippen LogP contribution < -0.4 is 10.9 Å². The van der Waals surface area contributed by atoms with E-state index in [1.165, 1.54) is 6.07 Å². The minimum Gasteiger partial charge on any atom is -0.347 e. The maximum Gasteiger partial charge on any atom is 0.261 e. The van der Waals surface area contributed by atoms with E-state index in [1.807, 2.05) is 18.4 Å². The van der Waals surface area contributed by atoms with Crippen molar-refractivity contribution in [3.8, 4) is 0 Å². The zero-order chi connectivity index (χ0) is 15.7. The summed E-state index contributed by atoms with van der Waals surface area (Å²) < 4.78 is 0. The molecule has 0 saturated carbocycles. The van der Waals surface area contributed by atoms with Crippen molar-refractivity contribution in [2.75, 3.05) is 0 Å². The Labute approximate surface area is 131 Å². The van der Waals surface area contributed by atoms with E-state index in [2.05, 4.69) is 10.3 Å². The molecule has 3 rings (SSSR count). The largest absolute Gasteiger partial charge is 0.347 e. The van der Waals surface area contributed by atoms with E-state index in [4.69, 9.17) is 0 Å². The molecule has 5 nitrogen and oxygen atoms in total. The molecule has 1 aliphatic rings. The number of ketones is 1. The van der Waals surface area contributed by atoms with Gasteiger partial charge in [0.1, 0.15) is 5.56 Å². The minimum absolute atomic E-state index is 0.00297. The predicted octanol–water partition coefficient (Wildman–Crippen LogP) is 2.19. The number of pyridine rings is 1. The van der Waals surface area contributed by atoms with Crippen LogP contribution >= 0.6 is 11.3 Å². The fraction of sp³-hybridized carbons (Fsp3) is 0.312. The lowest BCUT2D eigenvalue weighted by Gasteiger charge is -2.15. The van der Waals surface area contributed by atoms with Gasteiger partial charge in [0, 0.05) is 22.6 Å². The van der Waals surface area contributed by atoms with Gasteiger partial charge >= 0.3 is 0 Å². The molecule has 0 fully saturated rings. The van der Waals surface area contributed by atoms with E-state index in [0.717, 1.165) is 16.9 Å². The normalized spacial score (nSPS) is 13.8. The minimum atomic E-state index is -0.449. The fourth-order valence-electron chi connectivity index (χ4n) is 2.58. The number of H-pyrrole nitrogens is 1. The second-order valence-electron chi connectivity index (χ2n) is 5.39. The molecular formula is C16H16N2O3S. The molecule has 0 unspecified atom stereocenters. The first-order chi connectivity index (χ1) is 10.6. The van der Waals surface area contributed by atoms with Gasteiger partial charge in [-0.25, -0.2) is 0 Å². The van der Waals surface area contributed by atoms with Gasteiger partial charge in [-0.15, -0.1) is 11.3 Å². The molecule has 114 valence electrons. The summed E-state index contributed by atoms with van der Waals surface area (Å²) in [4.78, 5) is 39.9. The predicted molar refractivity (Wildman–Crippen MR) is 84.6 cm³/mol. The molecular weight excluding hydrogens is 300 g/mol. The van der Waals surface area contributed by atoms with Crippen molar-refractivity contribution in [3.63, 3.8) is 0 Å². The molecule has 2 aromatic heterocycles. The van der Waals surface area contributed by atoms with E-state index in [1.54, 1.807) is 11.3 Å². The van der Waals surface area contributed by atoms with Crippen molar-refractivity contribution in [2.45, 2.75) is 32.7 Å². The number of aromatic nitrogens is 1. The number of Topliss-reactive ketones (excluding diaryl/α,β-unsaturated/α-hetero) is 1. The van der Waals surface area contributed by atoms with Crippen molar-refractivity contribution in [2.24, 2.45) is 0 Å². The Morgan fingerprint density at radius 2 is 2.18 bits per heavy atom. The average Bonchev–Trinajstić information content (AvgIpc) is 2.90. The Balaban J connectivity index is 1.83. The number of nitrogens with one attached hydrogen (secondary N) is 2. The number of fused-ring (bicyclic) bond motifs is 1. The molecule has 0 spiro atoms. The molecule has 2 heterocycles. The molecule has 1 amide bonds. The number of hydrogen-bond donors (Lipinski definition) is 2. The highest BCUT2D eigenvalue weighted by Gasteiger charge is 2.22. The summed E-state index contributed by atoms with van der Waals surface area (Å²) in [6.45, 7) is 2.36. The number of thiophene rings is 1. The summed E-state index contributed by atoms with van der Waals surface area (Å²) in [5.74, 6) is -0.462. The Hall–Kier alpha value is -2.21. The van der Waals surface area contributed by atoms with E-state index < -0.39 is 11.5 Å². The summed E-state index contributed by atoms with van der Waals surface area (Å²) in [6, 6.07) is 3.42. The topological polar surface area (TPSA) is 79.0 Å². The van der Waals surface area contributed by atoms with Crippen molar-refractivity contribution < 1.29 is 9.59 Å². The van der Waals surface area contributed by atoms with E-state index in [9.17, 15) is 14.4 Å². The molecule has 22 heavy (non-hydrogen) atoms. The van der Waals surface area contributed by atoms with Gasteiger partial charge in [-0.2, -0.15) is 0 Å². The van der Waals surface area contributed by atoms with Crippen LogP contribution in [0.1, 0.15) is 49.7 Å². The summed E-state index contributed by atoms with van der Waals surface area (Å²) >= 11 is 1.56. The van der Waals surface area contributed by atoms with Crippen LogP contribution in [0.4, 0.5) is 0 Å². The molecule has 0 aliphatic heterocycles. The van der Waals surface area contributed by atoms with Crippen molar-refractivity contribution in [3.05, 3.63) is 55.1 Å². The number of aryl methyl sites for hydroxylation is 2. The summed E-state index contributed by atoms with van der Waals surface area (Å²) in [7, 11) is 0. The monoisotopic (exact) mass is 316 g/mol. The molecule has 6 heteroatoms. The van der Waals surface area contributed by atoms with Crippen molar-refractivity contribution in [1.82, 2.24) is 10.3 Å². The lowest BCUT2D eigenvalue weighted by atomic mass is 9.93. The van der Waals surface area contributed by atoms with Gasteiger partial charge in [0.15, 0.2) is 5.78 Å². The lowest BCUT2D eigenvalue weighted by Crippen LogP contribution is -2.31. The second-order valence-corrected chi connectivity index (χ2v) is 6.39. The summed E-state index contributed by atoms with van der Waals surface area (Å²) in [5, 5.41) is 4.70. The van der Waals surface area contributed by atoms with E-state index in [-0.39, 0.29) is 11.3 Å². The molecule has 0 atom stereocenters. The first-order valence-electron chi connectivity index (χ1n) is 7.17. The molecule has 0 bridgehead atoms. The molecule has 1 aliphatic carbocycles. The van der Waals surface area contributed by atoms with Gasteiger partial charge in [-0.1, -0.05) is 0 Å². The van der Waals surface area contributed by atoms with Crippen LogP contribution in [0.5, 0.6) is 0 Å². The van der Waals surface area contributed by atoms with Crippen LogP contribution in [0.25, 0.3) is 0 Å². The zero-order valence-corrected chi connectivity index (χ0v) is 13.0. The molecule has 0 radical (unpaired) electrons. The number of amides is 1. The van der Waals surface area contributed by atoms with Gasteiger partial charge in [-0.3, -0.25) is 14.4 Å². The maximum atomic E-state index is 12.2. The third kappa shape index (κ3) is 2.74.